The molecular formula is C12H24ClN3. The van der Waals surface area contributed by atoms with Gasteiger partial charge in [-0.15, -0.1) is 12.4 Å². The highest BCUT2D eigenvalue weighted by molar-refractivity contribution is 5.85. The second-order valence-electron chi connectivity index (χ2n) is 4.99. The van der Waals surface area contributed by atoms with Crippen molar-refractivity contribution in [3.8, 4) is 0 Å². The average molecular weight is 246 g/mol. The molecule has 0 amide bonds. The monoisotopic (exact) mass is 245 g/mol. The fourth-order valence-electron chi connectivity index (χ4n) is 1.48. The first-order valence-electron chi connectivity index (χ1n) is 5.80. The molecule has 0 aliphatic carbocycles. The number of hydrogen-bond donors (Lipinski definition) is 1. The van der Waals surface area contributed by atoms with Crippen molar-refractivity contribution in [2.24, 2.45) is 11.8 Å². The van der Waals surface area contributed by atoms with Crippen LogP contribution in [0.2, 0.25) is 0 Å². The Morgan fingerprint density at radius 2 is 1.94 bits per heavy atom. The Kier molecular flexibility index (Phi) is 7.43. The Morgan fingerprint density at radius 1 is 1.25 bits per heavy atom. The topological polar surface area (TPSA) is 29.9 Å². The third-order valence-corrected chi connectivity index (χ3v) is 2.12. The molecule has 0 aliphatic heterocycles. The van der Waals surface area contributed by atoms with Gasteiger partial charge in [0, 0.05) is 24.8 Å². The van der Waals surface area contributed by atoms with E-state index >= 15 is 0 Å². The van der Waals surface area contributed by atoms with Crippen molar-refractivity contribution in [3.05, 3.63) is 18.0 Å². The molecule has 0 unspecified atom stereocenters. The SMILES string of the molecule is CC(C)CNCc1cnn(CC(C)C)c1.Cl. The summed E-state index contributed by atoms with van der Waals surface area (Å²) in [6.45, 7) is 11.8. The van der Waals surface area contributed by atoms with E-state index in [1.165, 1.54) is 5.56 Å². The van der Waals surface area contributed by atoms with Gasteiger partial charge in [0.05, 0.1) is 6.20 Å². The van der Waals surface area contributed by atoms with Crippen LogP contribution in [0, 0.1) is 11.8 Å². The molecule has 0 saturated heterocycles. The van der Waals surface area contributed by atoms with Gasteiger partial charge in [-0.2, -0.15) is 5.10 Å². The quantitative estimate of drug-likeness (QED) is 0.835. The van der Waals surface area contributed by atoms with Crippen LogP contribution >= 0.6 is 12.4 Å². The molecule has 0 fully saturated rings. The Morgan fingerprint density at radius 3 is 2.50 bits per heavy atom. The molecule has 0 radical (unpaired) electrons. The van der Waals surface area contributed by atoms with Crippen molar-refractivity contribution in [1.29, 1.82) is 0 Å². The highest BCUT2D eigenvalue weighted by Crippen LogP contribution is 2.02. The summed E-state index contributed by atoms with van der Waals surface area (Å²) < 4.78 is 2.02. The van der Waals surface area contributed by atoms with E-state index in [9.17, 15) is 0 Å². The summed E-state index contributed by atoms with van der Waals surface area (Å²) in [5, 5.41) is 7.75. The Bertz CT molecular complexity index is 282. The first-order chi connectivity index (χ1) is 7.08. The van der Waals surface area contributed by atoms with Gasteiger partial charge in [0.2, 0.25) is 0 Å². The molecule has 1 heterocycles. The van der Waals surface area contributed by atoms with Crippen LogP contribution in [0.15, 0.2) is 12.4 Å². The maximum Gasteiger partial charge on any atom is 0.0534 e. The largest absolute Gasteiger partial charge is 0.312 e. The van der Waals surface area contributed by atoms with Gasteiger partial charge in [-0.05, 0) is 18.4 Å². The molecule has 0 aliphatic rings. The highest BCUT2D eigenvalue weighted by atomic mass is 35.5. The molecular weight excluding hydrogens is 222 g/mol. The first-order valence-corrected chi connectivity index (χ1v) is 5.80. The van der Waals surface area contributed by atoms with E-state index in [-0.39, 0.29) is 12.4 Å². The van der Waals surface area contributed by atoms with Gasteiger partial charge < -0.3 is 5.32 Å². The van der Waals surface area contributed by atoms with Crippen LogP contribution in [-0.2, 0) is 13.1 Å². The number of rotatable bonds is 6. The van der Waals surface area contributed by atoms with E-state index in [1.54, 1.807) is 0 Å². The molecule has 1 aromatic rings. The molecule has 0 atom stereocenters. The molecule has 3 nitrogen and oxygen atoms in total. The second-order valence-corrected chi connectivity index (χ2v) is 4.99. The molecule has 94 valence electrons. The number of aromatic nitrogens is 2. The maximum absolute atomic E-state index is 4.33. The molecule has 0 spiro atoms. The average Bonchev–Trinajstić information content (AvgIpc) is 2.50. The van der Waals surface area contributed by atoms with Crippen LogP contribution in [0.5, 0.6) is 0 Å². The van der Waals surface area contributed by atoms with Crippen LogP contribution in [0.4, 0.5) is 0 Å². The van der Waals surface area contributed by atoms with Gasteiger partial charge in [-0.1, -0.05) is 27.7 Å². The summed E-state index contributed by atoms with van der Waals surface area (Å²) >= 11 is 0. The third-order valence-electron chi connectivity index (χ3n) is 2.12. The fraction of sp³-hybridized carbons (Fsp3) is 0.750. The summed E-state index contributed by atoms with van der Waals surface area (Å²) in [5.74, 6) is 1.36. The molecule has 0 bridgehead atoms. The molecule has 1 rings (SSSR count). The van der Waals surface area contributed by atoms with E-state index in [1.807, 2.05) is 10.9 Å². The summed E-state index contributed by atoms with van der Waals surface area (Å²) in [7, 11) is 0. The minimum Gasteiger partial charge on any atom is -0.312 e. The zero-order chi connectivity index (χ0) is 11.3. The lowest BCUT2D eigenvalue weighted by atomic mass is 10.2. The van der Waals surface area contributed by atoms with Crippen molar-refractivity contribution < 1.29 is 0 Å². The first kappa shape index (κ1) is 15.5. The zero-order valence-electron chi connectivity index (χ0n) is 10.7. The highest BCUT2D eigenvalue weighted by Gasteiger charge is 2.00. The minimum absolute atomic E-state index is 0. The van der Waals surface area contributed by atoms with Crippen LogP contribution in [0.25, 0.3) is 0 Å². The summed E-state index contributed by atoms with van der Waals surface area (Å²) in [5.41, 5.74) is 1.27. The Balaban J connectivity index is 0.00000225. The molecule has 0 aromatic carbocycles. The number of nitrogens with zero attached hydrogens (tertiary/aromatic N) is 2. The normalized spacial score (nSPS) is 10.9. The fourth-order valence-corrected chi connectivity index (χ4v) is 1.48. The lowest BCUT2D eigenvalue weighted by molar-refractivity contribution is 0.482. The minimum atomic E-state index is 0. The lowest BCUT2D eigenvalue weighted by Crippen LogP contribution is -2.18. The van der Waals surface area contributed by atoms with Gasteiger partial charge >= 0.3 is 0 Å². The number of nitrogens with one attached hydrogen (secondary N) is 1. The summed E-state index contributed by atoms with van der Waals surface area (Å²) in [6, 6.07) is 0. The van der Waals surface area contributed by atoms with Crippen LogP contribution in [0.3, 0.4) is 0 Å². The predicted octanol–water partition coefficient (Wildman–Crippen LogP) is 2.71. The summed E-state index contributed by atoms with van der Waals surface area (Å²) in [4.78, 5) is 0. The van der Waals surface area contributed by atoms with Gasteiger partial charge in [-0.25, -0.2) is 0 Å². The number of halogens is 1. The van der Waals surface area contributed by atoms with Crippen LogP contribution in [0.1, 0.15) is 33.3 Å². The van der Waals surface area contributed by atoms with E-state index in [0.29, 0.717) is 11.8 Å². The summed E-state index contributed by atoms with van der Waals surface area (Å²) in [6.07, 6.45) is 4.09. The van der Waals surface area contributed by atoms with Crippen molar-refractivity contribution >= 4 is 12.4 Å². The van der Waals surface area contributed by atoms with E-state index in [0.717, 1.165) is 19.6 Å². The molecule has 16 heavy (non-hydrogen) atoms. The number of hydrogen-bond acceptors (Lipinski definition) is 2. The van der Waals surface area contributed by atoms with Crippen LogP contribution < -0.4 is 5.32 Å². The molecule has 0 saturated carbocycles. The van der Waals surface area contributed by atoms with Crippen LogP contribution in [-0.4, -0.2) is 16.3 Å². The molecule has 1 aromatic heterocycles. The lowest BCUT2D eigenvalue weighted by Gasteiger charge is -2.05. The van der Waals surface area contributed by atoms with Crippen molar-refractivity contribution in [1.82, 2.24) is 15.1 Å². The smallest absolute Gasteiger partial charge is 0.0534 e. The van der Waals surface area contributed by atoms with Gasteiger partial charge in [0.25, 0.3) is 0 Å². The zero-order valence-corrected chi connectivity index (χ0v) is 11.5. The van der Waals surface area contributed by atoms with Crippen molar-refractivity contribution in [3.63, 3.8) is 0 Å². The Labute approximate surface area is 105 Å². The van der Waals surface area contributed by atoms with Gasteiger partial charge in [0.15, 0.2) is 0 Å². The van der Waals surface area contributed by atoms with Gasteiger partial charge in [-0.3, -0.25) is 4.68 Å². The second kappa shape index (κ2) is 7.69. The van der Waals surface area contributed by atoms with E-state index < -0.39 is 0 Å². The van der Waals surface area contributed by atoms with E-state index in [4.69, 9.17) is 0 Å². The van der Waals surface area contributed by atoms with E-state index in [2.05, 4.69) is 44.3 Å². The molecule has 4 heteroatoms. The van der Waals surface area contributed by atoms with Crippen molar-refractivity contribution in [2.45, 2.75) is 40.8 Å². The predicted molar refractivity (Wildman–Crippen MR) is 70.9 cm³/mol. The Hall–Kier alpha value is -0.540. The maximum atomic E-state index is 4.33. The van der Waals surface area contributed by atoms with Gasteiger partial charge in [0.1, 0.15) is 0 Å². The van der Waals surface area contributed by atoms with Crippen molar-refractivity contribution in [2.75, 3.05) is 6.54 Å². The molecule has 1 N–H and O–H groups in total. The third kappa shape index (κ3) is 6.13. The standard InChI is InChI=1S/C12H23N3.ClH/c1-10(2)5-13-6-12-7-14-15(9-12)8-11(3)4;/h7,9-11,13H,5-6,8H2,1-4H3;1H.